The number of aromatic nitrogens is 1. The van der Waals surface area contributed by atoms with E-state index >= 15 is 0 Å². The van der Waals surface area contributed by atoms with Gasteiger partial charge in [-0.15, -0.1) is 11.3 Å². The predicted molar refractivity (Wildman–Crippen MR) is 97.8 cm³/mol. The minimum absolute atomic E-state index is 0.00949. The second-order valence-electron chi connectivity index (χ2n) is 5.54. The quantitative estimate of drug-likeness (QED) is 0.0680. The summed E-state index contributed by atoms with van der Waals surface area (Å²) < 4.78 is 35.7. The Kier molecular flexibility index (Phi) is 6.88. The molecule has 1 aliphatic rings. The van der Waals surface area contributed by atoms with E-state index in [1.54, 1.807) is 0 Å². The predicted octanol–water partition coefficient (Wildman–Crippen LogP) is -3.23. The zero-order valence-electron chi connectivity index (χ0n) is 15.2. The second-order valence-corrected chi connectivity index (χ2v) is 7.72. The van der Waals surface area contributed by atoms with Crippen LogP contribution < -0.4 is 11.1 Å². The smallest absolute Gasteiger partial charge is 0.376 e. The molecule has 5 N–H and O–H groups in total. The number of nitrogen functional groups attached to an aromatic ring is 1. The summed E-state index contributed by atoms with van der Waals surface area (Å²) in [6.45, 7) is -0.946. The molecule has 2 amide bonds. The first kappa shape index (κ1) is 23.6. The van der Waals surface area contributed by atoms with Crippen LogP contribution in [0.15, 0.2) is 10.5 Å². The highest BCUT2D eigenvalue weighted by molar-refractivity contribution is 7.84. The molecule has 0 aliphatic carbocycles. The third kappa shape index (κ3) is 5.10. The lowest BCUT2D eigenvalue weighted by molar-refractivity contribution is -0.160. The van der Waals surface area contributed by atoms with E-state index in [4.69, 9.17) is 15.4 Å². The van der Waals surface area contributed by atoms with Crippen LogP contribution in [0.2, 0.25) is 0 Å². The van der Waals surface area contributed by atoms with E-state index in [2.05, 4.69) is 19.7 Å². The zero-order valence-corrected chi connectivity index (χ0v) is 16.9. The van der Waals surface area contributed by atoms with Gasteiger partial charge in [0.2, 0.25) is 6.61 Å². The van der Waals surface area contributed by atoms with Crippen LogP contribution in [0.5, 0.6) is 0 Å². The standard InChI is InChI=1S/C13H13N5O11S2/c1-28-12(24)9(21)8-7(11(23)18(8)31(25,26)27)16-10(22)6(17-29-2-5(19)20)4-3-30-13(14)15-4/h3,7-8H,2H2,1H3,(H2,14,15)(H,16,22)(H,19,20)(H,25,26,27). The fraction of sp³-hybridized carbons (Fsp3) is 0.308. The van der Waals surface area contributed by atoms with Gasteiger partial charge in [0, 0.05) is 5.38 Å². The van der Waals surface area contributed by atoms with Gasteiger partial charge in [0.1, 0.15) is 17.8 Å². The van der Waals surface area contributed by atoms with Gasteiger partial charge >= 0.3 is 22.2 Å². The van der Waals surface area contributed by atoms with Gasteiger partial charge in [-0.05, 0) is 0 Å². The number of ketones is 1. The van der Waals surface area contributed by atoms with Crippen molar-refractivity contribution in [2.24, 2.45) is 5.16 Å². The molecule has 1 aliphatic heterocycles. The molecular weight excluding hydrogens is 466 g/mol. The lowest BCUT2D eigenvalue weighted by Gasteiger charge is -2.42. The van der Waals surface area contributed by atoms with E-state index in [9.17, 15) is 32.4 Å². The van der Waals surface area contributed by atoms with E-state index in [-0.39, 0.29) is 15.1 Å². The number of β-lactam (4-membered cyclic amide) rings is 1. The molecule has 2 atom stereocenters. The number of nitrogens with zero attached hydrogens (tertiary/aromatic N) is 3. The number of Topliss-reactive ketones (excluding diaryl/α,β-unsaturated/α-hetero) is 1. The summed E-state index contributed by atoms with van der Waals surface area (Å²) in [5.41, 5.74) is 4.60. The minimum atomic E-state index is -5.26. The average Bonchev–Trinajstić information content (AvgIpc) is 3.10. The normalized spacial score (nSPS) is 18.7. The Balaban J connectivity index is 2.34. The Hall–Kier alpha value is -3.64. The number of amides is 2. The van der Waals surface area contributed by atoms with E-state index in [1.165, 1.54) is 5.38 Å². The number of hydrogen-bond acceptors (Lipinski definition) is 13. The van der Waals surface area contributed by atoms with Gasteiger partial charge in [0.15, 0.2) is 10.8 Å². The number of ether oxygens (including phenoxy) is 1. The average molecular weight is 479 g/mol. The topological polar surface area (TPSA) is 245 Å². The van der Waals surface area contributed by atoms with Crippen LogP contribution >= 0.6 is 11.3 Å². The molecule has 168 valence electrons. The summed E-state index contributed by atoms with van der Waals surface area (Å²) in [7, 11) is -4.45. The lowest BCUT2D eigenvalue weighted by Crippen LogP contribution is -2.75. The molecule has 2 rings (SSSR count). The van der Waals surface area contributed by atoms with Crippen molar-refractivity contribution < 1.29 is 51.6 Å². The SMILES string of the molecule is COC(=O)C(=O)C1C(NC(=O)C(=NOCC(=O)O)c2csc(N)n2)C(=O)N1S(=O)(=O)O. The Labute approximate surface area is 176 Å². The van der Waals surface area contributed by atoms with Gasteiger partial charge in [-0.25, -0.2) is 18.9 Å². The third-order valence-electron chi connectivity index (χ3n) is 3.57. The molecule has 16 nitrogen and oxygen atoms in total. The molecule has 2 unspecified atom stereocenters. The van der Waals surface area contributed by atoms with Gasteiger partial charge < -0.3 is 25.7 Å². The maximum atomic E-state index is 12.6. The number of thiazole rings is 1. The number of anilines is 1. The van der Waals surface area contributed by atoms with Crippen molar-refractivity contribution >= 4 is 62.0 Å². The van der Waals surface area contributed by atoms with Gasteiger partial charge in [-0.3, -0.25) is 18.9 Å². The number of aliphatic carboxylic acids is 1. The number of carboxylic acids is 1. The van der Waals surface area contributed by atoms with Crippen molar-refractivity contribution in [1.82, 2.24) is 14.6 Å². The highest BCUT2D eigenvalue weighted by atomic mass is 32.2. The largest absolute Gasteiger partial charge is 0.479 e. The molecular formula is C13H13N5O11S2. The molecule has 0 aromatic carbocycles. The molecule has 1 fully saturated rings. The van der Waals surface area contributed by atoms with Crippen molar-refractivity contribution in [3.8, 4) is 0 Å². The fourth-order valence-corrected chi connectivity index (χ4v) is 3.70. The molecule has 18 heteroatoms. The van der Waals surface area contributed by atoms with Crippen molar-refractivity contribution in [3.05, 3.63) is 11.1 Å². The number of rotatable bonds is 9. The monoisotopic (exact) mass is 479 g/mol. The van der Waals surface area contributed by atoms with E-state index < -0.39 is 64.2 Å². The second kappa shape index (κ2) is 9.02. The van der Waals surface area contributed by atoms with E-state index in [0.717, 1.165) is 18.4 Å². The molecule has 0 saturated carbocycles. The maximum absolute atomic E-state index is 12.6. The highest BCUT2D eigenvalue weighted by Crippen LogP contribution is 2.25. The molecule has 0 radical (unpaired) electrons. The summed E-state index contributed by atoms with van der Waals surface area (Å²) in [6.07, 6.45) is 0. The number of hydrogen-bond donors (Lipinski definition) is 4. The number of carbonyl (C=O) groups is 5. The number of oxime groups is 1. The number of esters is 1. The first-order chi connectivity index (χ1) is 14.4. The van der Waals surface area contributed by atoms with Gasteiger partial charge in [0.05, 0.1) is 7.11 Å². The lowest BCUT2D eigenvalue weighted by atomic mass is 9.94. The Morgan fingerprint density at radius 1 is 1.39 bits per heavy atom. The zero-order chi connectivity index (χ0) is 23.5. The van der Waals surface area contributed by atoms with Crippen molar-refractivity contribution in [2.75, 3.05) is 19.5 Å². The minimum Gasteiger partial charge on any atom is -0.479 e. The number of nitrogens with one attached hydrogen (secondary N) is 1. The van der Waals surface area contributed by atoms with Crippen LogP contribution in [0, 0.1) is 0 Å². The van der Waals surface area contributed by atoms with E-state index in [0.29, 0.717) is 0 Å². The summed E-state index contributed by atoms with van der Waals surface area (Å²) in [5.74, 6) is -7.23. The van der Waals surface area contributed by atoms with Gasteiger partial charge in [-0.2, -0.15) is 8.42 Å². The van der Waals surface area contributed by atoms with Crippen LogP contribution in [0.25, 0.3) is 0 Å². The summed E-state index contributed by atoms with van der Waals surface area (Å²) in [6, 6.07) is -4.05. The van der Waals surface area contributed by atoms with Gasteiger partial charge in [-0.1, -0.05) is 5.16 Å². The third-order valence-corrected chi connectivity index (χ3v) is 5.14. The summed E-state index contributed by atoms with van der Waals surface area (Å²) >= 11 is 0.876. The Morgan fingerprint density at radius 3 is 2.52 bits per heavy atom. The number of methoxy groups -OCH3 is 1. The molecule has 0 spiro atoms. The fourth-order valence-electron chi connectivity index (χ4n) is 2.30. The van der Waals surface area contributed by atoms with Crippen molar-refractivity contribution in [1.29, 1.82) is 0 Å². The van der Waals surface area contributed by atoms with Gasteiger partial charge in [0.25, 0.3) is 17.6 Å². The molecule has 0 bridgehead atoms. The number of carbonyl (C=O) groups excluding carboxylic acids is 4. The first-order valence-electron chi connectivity index (χ1n) is 7.75. The molecule has 31 heavy (non-hydrogen) atoms. The van der Waals surface area contributed by atoms with Crippen LogP contribution in [0.3, 0.4) is 0 Å². The van der Waals surface area contributed by atoms with Crippen LogP contribution in [0.4, 0.5) is 5.13 Å². The van der Waals surface area contributed by atoms with Crippen LogP contribution in [-0.2, 0) is 43.9 Å². The molecule has 1 aromatic rings. The summed E-state index contributed by atoms with van der Waals surface area (Å²) in [5, 5.41) is 15.1. The van der Waals surface area contributed by atoms with Crippen LogP contribution in [-0.4, -0.2) is 88.4 Å². The number of nitrogens with two attached hydrogens (primary N) is 1. The molecule has 1 aromatic heterocycles. The maximum Gasteiger partial charge on any atom is 0.376 e. The molecule has 2 heterocycles. The highest BCUT2D eigenvalue weighted by Gasteiger charge is 2.59. The van der Waals surface area contributed by atoms with Crippen molar-refractivity contribution in [3.63, 3.8) is 0 Å². The van der Waals surface area contributed by atoms with Crippen LogP contribution in [0.1, 0.15) is 5.69 Å². The summed E-state index contributed by atoms with van der Waals surface area (Å²) in [4.78, 5) is 67.1. The Bertz CT molecular complexity index is 1080. The van der Waals surface area contributed by atoms with E-state index in [1.807, 2.05) is 5.32 Å². The number of carboxylic acid groups (broad SMARTS) is 1. The van der Waals surface area contributed by atoms with Crippen molar-refractivity contribution in [2.45, 2.75) is 12.1 Å². The first-order valence-corrected chi connectivity index (χ1v) is 10.0. The molecule has 1 saturated heterocycles. The Morgan fingerprint density at radius 2 is 2.03 bits per heavy atom.